The maximum Gasteiger partial charge on any atom is 0.249 e. The summed E-state index contributed by atoms with van der Waals surface area (Å²) in [5.74, 6) is -0.379. The van der Waals surface area contributed by atoms with Crippen LogP contribution >= 0.6 is 11.3 Å². The molecule has 5 N–H and O–H groups in total. The summed E-state index contributed by atoms with van der Waals surface area (Å²) in [4.78, 5) is 14.5. The Morgan fingerprint density at radius 2 is 2.00 bits per heavy atom. The minimum atomic E-state index is -4.92. The Morgan fingerprint density at radius 3 is 2.40 bits per heavy atom. The van der Waals surface area contributed by atoms with Crippen molar-refractivity contribution in [2.45, 2.75) is 18.1 Å². The first-order valence-electron chi connectivity index (χ1n) is 6.45. The number of anilines is 1. The number of hydrogen-bond donors (Lipinski definition) is 4. The van der Waals surface area contributed by atoms with Crippen LogP contribution in [0.1, 0.15) is 12.6 Å². The molecule has 0 radical (unpaired) electrons. The van der Waals surface area contributed by atoms with E-state index in [2.05, 4.69) is 14.2 Å². The summed E-state index contributed by atoms with van der Waals surface area (Å²) < 4.78 is 45.6. The first-order chi connectivity index (χ1) is 11.5. The van der Waals surface area contributed by atoms with Crippen LogP contribution in [0.3, 0.4) is 0 Å². The van der Waals surface area contributed by atoms with Gasteiger partial charge in [-0.05, 0) is 6.92 Å². The Morgan fingerprint density at radius 1 is 1.40 bits per heavy atom. The molecule has 0 saturated carbocycles. The molecule has 0 fully saturated rings. The number of primary sulfonamides is 1. The number of rotatable bonds is 4. The van der Waals surface area contributed by atoms with E-state index in [0.717, 1.165) is 11.3 Å². The predicted octanol–water partition coefficient (Wildman–Crippen LogP) is -0.198. The number of benzene rings is 1. The van der Waals surface area contributed by atoms with Crippen molar-refractivity contribution in [2.24, 2.45) is 5.14 Å². The van der Waals surface area contributed by atoms with Crippen molar-refractivity contribution in [1.29, 1.82) is 0 Å². The molecule has 138 valence electrons. The first kappa shape index (κ1) is 21.5. The third kappa shape index (κ3) is 6.36. The summed E-state index contributed by atoms with van der Waals surface area (Å²) in [6.45, 7) is 2.88. The zero-order valence-corrected chi connectivity index (χ0v) is 16.6. The van der Waals surface area contributed by atoms with Crippen molar-refractivity contribution in [3.05, 3.63) is 35.5 Å². The summed E-state index contributed by atoms with van der Waals surface area (Å²) >= 11 is -3.89. The monoisotopic (exact) mass is 453 g/mol. The van der Waals surface area contributed by atoms with E-state index < -0.39 is 24.2 Å². The van der Waals surface area contributed by atoms with Gasteiger partial charge in [-0.2, -0.15) is 0 Å². The van der Waals surface area contributed by atoms with Gasteiger partial charge in [-0.1, -0.05) is 0 Å². The summed E-state index contributed by atoms with van der Waals surface area (Å²) in [6, 6.07) is 5.84. The average Bonchev–Trinajstić information content (AvgIpc) is 2.94. The van der Waals surface area contributed by atoms with Crippen molar-refractivity contribution >= 4 is 51.5 Å². The topological polar surface area (TPSA) is 169 Å². The standard InChI is InChI=1S/C8H10AsNO5.C4H6N2O2S2/c1-6(11)10-8-5-3-2-4-7(8)9(12,13)15-14;1-3-4(9-2-6-3)10(5,7)8/h2-5,14H,1H3,(H,10,11)(H,12,13);2H,1H3,(H2,5,7,8). The summed E-state index contributed by atoms with van der Waals surface area (Å²) in [5.41, 5.74) is 2.08. The second-order valence-corrected chi connectivity index (χ2v) is 10.7. The molecule has 25 heavy (non-hydrogen) atoms. The molecule has 0 aliphatic carbocycles. The molecule has 1 atom stereocenters. The maximum absolute atomic E-state index is 11.4. The number of aryl methyl sites for hydroxylation is 1. The van der Waals surface area contributed by atoms with Crippen LogP contribution in [0.15, 0.2) is 34.0 Å². The van der Waals surface area contributed by atoms with Crippen molar-refractivity contribution in [2.75, 3.05) is 5.32 Å². The largest absolute Gasteiger partial charge is 0.249 e. The van der Waals surface area contributed by atoms with Gasteiger partial charge in [0.15, 0.2) is 4.21 Å². The molecule has 2 aromatic rings. The van der Waals surface area contributed by atoms with E-state index in [9.17, 15) is 21.0 Å². The van der Waals surface area contributed by atoms with Crippen LogP contribution in [0.4, 0.5) is 5.69 Å². The Balaban J connectivity index is 0.000000271. The van der Waals surface area contributed by atoms with Crippen LogP contribution in [-0.4, -0.2) is 42.8 Å². The number of nitrogens with one attached hydrogen (secondary N) is 1. The van der Waals surface area contributed by atoms with E-state index in [4.69, 9.17) is 10.4 Å². The third-order valence-electron chi connectivity index (χ3n) is 2.59. The van der Waals surface area contributed by atoms with E-state index in [1.165, 1.54) is 30.6 Å². The fourth-order valence-corrected chi connectivity index (χ4v) is 4.96. The molecule has 1 aromatic heterocycles. The third-order valence-corrected chi connectivity index (χ3v) is 7.67. The predicted molar refractivity (Wildman–Crippen MR) is 91.0 cm³/mol. The molecule has 0 aliphatic rings. The average molecular weight is 453 g/mol. The molecule has 0 spiro atoms. The number of nitrogens with zero attached hydrogens (tertiary/aromatic N) is 1. The number of hydrogen-bond acceptors (Lipinski definition) is 8. The van der Waals surface area contributed by atoms with Gasteiger partial charge in [-0.15, -0.1) is 11.3 Å². The van der Waals surface area contributed by atoms with Gasteiger partial charge in [0, 0.05) is 0 Å². The number of thiazole rings is 1. The maximum atomic E-state index is 11.4. The van der Waals surface area contributed by atoms with E-state index in [1.54, 1.807) is 13.0 Å². The number of sulfonamides is 1. The first-order valence-corrected chi connectivity index (χ1v) is 12.2. The van der Waals surface area contributed by atoms with Crippen molar-refractivity contribution < 1.29 is 30.2 Å². The molecule has 10 nitrogen and oxygen atoms in total. The van der Waals surface area contributed by atoms with Crippen LogP contribution in [0.5, 0.6) is 0 Å². The minimum absolute atomic E-state index is 0.103. The van der Waals surface area contributed by atoms with Crippen molar-refractivity contribution in [1.82, 2.24) is 4.98 Å². The van der Waals surface area contributed by atoms with Crippen LogP contribution in [-0.2, 0) is 22.4 Å². The Labute approximate surface area is 150 Å². The number of amides is 1. The zero-order chi connectivity index (χ0) is 19.3. The Bertz CT molecular complexity index is 898. The van der Waals surface area contributed by atoms with Gasteiger partial charge < -0.3 is 0 Å². The smallest absolute Gasteiger partial charge is 0.249 e. The van der Waals surface area contributed by atoms with Gasteiger partial charge in [0.1, 0.15) is 0 Å². The number of carbonyl (C=O) groups excluding carboxylic acids is 1. The van der Waals surface area contributed by atoms with Crippen LogP contribution in [0.25, 0.3) is 0 Å². The fraction of sp³-hybridized carbons (Fsp3) is 0.167. The normalized spacial score (nSPS) is 13.3. The van der Waals surface area contributed by atoms with Gasteiger partial charge >= 0.3 is 88.4 Å². The molecule has 1 unspecified atom stereocenters. The number of carbonyl (C=O) groups is 1. The minimum Gasteiger partial charge on any atom is -0.249 e. The summed E-state index contributed by atoms with van der Waals surface area (Å²) in [5, 5.41) is 15.5. The summed E-state index contributed by atoms with van der Waals surface area (Å²) in [7, 11) is -3.53. The van der Waals surface area contributed by atoms with E-state index in [-0.39, 0.29) is 20.2 Å². The molecule has 1 heterocycles. The van der Waals surface area contributed by atoms with Gasteiger partial charge in [-0.3, -0.25) is 0 Å². The van der Waals surface area contributed by atoms with Crippen LogP contribution < -0.4 is 14.8 Å². The molecule has 2 rings (SSSR count). The van der Waals surface area contributed by atoms with Crippen molar-refractivity contribution in [3.8, 4) is 0 Å². The summed E-state index contributed by atoms with van der Waals surface area (Å²) in [6.07, 6.45) is 0. The molecule has 1 amide bonds. The van der Waals surface area contributed by atoms with Gasteiger partial charge in [0.25, 0.3) is 0 Å². The SMILES string of the molecule is CC(=O)Nc1ccccc1[As](=O)(O)OO.Cc1ncsc1S(N)(=O)=O. The number of aromatic nitrogens is 1. The molecule has 0 saturated heterocycles. The fourth-order valence-electron chi connectivity index (χ4n) is 1.62. The number of para-hydroxylation sites is 1. The Kier molecular flexibility index (Phi) is 7.50. The molecule has 13 heteroatoms. The van der Waals surface area contributed by atoms with Gasteiger partial charge in [0.05, 0.1) is 11.2 Å². The van der Waals surface area contributed by atoms with Crippen LogP contribution in [0.2, 0.25) is 0 Å². The molecule has 1 aromatic carbocycles. The molecule has 0 bridgehead atoms. The van der Waals surface area contributed by atoms with Crippen molar-refractivity contribution in [3.63, 3.8) is 0 Å². The quantitative estimate of drug-likeness (QED) is 0.280. The van der Waals surface area contributed by atoms with E-state index >= 15 is 0 Å². The van der Waals surface area contributed by atoms with Gasteiger partial charge in [0.2, 0.25) is 10.0 Å². The number of nitrogens with two attached hydrogens (primary N) is 1. The zero-order valence-electron chi connectivity index (χ0n) is 13.1. The Hall–Kier alpha value is -1.53. The second-order valence-electron chi connectivity index (χ2n) is 4.57. The van der Waals surface area contributed by atoms with Gasteiger partial charge in [-0.25, -0.2) is 18.5 Å². The van der Waals surface area contributed by atoms with E-state index in [1.807, 2.05) is 0 Å². The molecular formula is C12H16AsN3O7S2. The molecular weight excluding hydrogens is 437 g/mol. The second kappa shape index (κ2) is 8.72. The molecule has 0 aliphatic heterocycles. The van der Waals surface area contributed by atoms with E-state index in [0.29, 0.717) is 5.69 Å². The van der Waals surface area contributed by atoms with Crippen LogP contribution in [0, 0.1) is 6.92 Å².